The summed E-state index contributed by atoms with van der Waals surface area (Å²) >= 11 is 6.11. The highest BCUT2D eigenvalue weighted by molar-refractivity contribution is 6.32. The molecule has 33 heavy (non-hydrogen) atoms. The van der Waals surface area contributed by atoms with Crippen LogP contribution in [0.4, 0.5) is 11.6 Å². The normalized spacial score (nSPS) is 14.6. The molecule has 0 saturated carbocycles. The van der Waals surface area contributed by atoms with Crippen LogP contribution in [0, 0.1) is 0 Å². The average molecular weight is 468 g/mol. The summed E-state index contributed by atoms with van der Waals surface area (Å²) < 4.78 is 5.12. The number of hydrogen-bond donors (Lipinski definition) is 2. The molecule has 0 spiro atoms. The summed E-state index contributed by atoms with van der Waals surface area (Å²) in [6, 6.07) is 9.79. The van der Waals surface area contributed by atoms with Crippen molar-refractivity contribution >= 4 is 29.1 Å². The van der Waals surface area contributed by atoms with Gasteiger partial charge in [0.2, 0.25) is 5.95 Å². The fourth-order valence-corrected chi connectivity index (χ4v) is 3.98. The molecule has 2 N–H and O–H groups in total. The number of carbonyl (C=O) groups excluding carboxylic acids is 1. The van der Waals surface area contributed by atoms with Gasteiger partial charge in [0, 0.05) is 43.3 Å². The number of aromatic hydroxyl groups is 1. The van der Waals surface area contributed by atoms with Crippen molar-refractivity contribution in [1.29, 1.82) is 0 Å². The van der Waals surface area contributed by atoms with Crippen molar-refractivity contribution in [1.82, 2.24) is 14.9 Å². The van der Waals surface area contributed by atoms with Crippen LogP contribution in [0.25, 0.3) is 11.1 Å². The second kappa shape index (κ2) is 10.1. The van der Waals surface area contributed by atoms with Crippen molar-refractivity contribution in [2.24, 2.45) is 0 Å². The lowest BCUT2D eigenvalue weighted by atomic mass is 10.1. The Morgan fingerprint density at radius 3 is 2.55 bits per heavy atom. The topological polar surface area (TPSA) is 90.8 Å². The fourth-order valence-electron chi connectivity index (χ4n) is 3.73. The summed E-state index contributed by atoms with van der Waals surface area (Å²) in [5.74, 6) is 0.632. The summed E-state index contributed by atoms with van der Waals surface area (Å²) in [6.45, 7) is 3.86. The molecule has 0 aliphatic carbocycles. The number of ether oxygens (including phenoxy) is 1. The Bertz CT molecular complexity index is 1140. The number of methoxy groups -OCH3 is 1. The fraction of sp³-hybridized carbons (Fsp3) is 0.292. The van der Waals surface area contributed by atoms with E-state index in [-0.39, 0.29) is 11.3 Å². The quantitative estimate of drug-likeness (QED) is 0.588. The summed E-state index contributed by atoms with van der Waals surface area (Å²) in [4.78, 5) is 26.2. The van der Waals surface area contributed by atoms with Crippen LogP contribution in [-0.4, -0.2) is 66.2 Å². The Morgan fingerprint density at radius 1 is 1.06 bits per heavy atom. The third-order valence-corrected chi connectivity index (χ3v) is 5.92. The summed E-state index contributed by atoms with van der Waals surface area (Å²) in [6.07, 6.45) is 4.55. The Morgan fingerprint density at radius 2 is 1.85 bits per heavy atom. The van der Waals surface area contributed by atoms with Crippen LogP contribution in [-0.2, 0) is 0 Å². The molecule has 0 bridgehead atoms. The minimum atomic E-state index is -0.446. The number of nitrogens with one attached hydrogen (secondary N) is 1. The number of amides is 1. The van der Waals surface area contributed by atoms with Crippen molar-refractivity contribution in [3.05, 3.63) is 59.4 Å². The number of likely N-dealkylation sites (N-methyl/N-ethyl adjacent to an activating group) is 1. The number of rotatable bonds is 5. The van der Waals surface area contributed by atoms with Gasteiger partial charge in [0.15, 0.2) is 0 Å². The lowest BCUT2D eigenvalue weighted by molar-refractivity contribution is 0.102. The van der Waals surface area contributed by atoms with Gasteiger partial charge in [0.1, 0.15) is 11.5 Å². The second-order valence-electron chi connectivity index (χ2n) is 7.95. The number of nitrogens with zero attached hydrogens (tertiary/aromatic N) is 4. The zero-order chi connectivity index (χ0) is 23.4. The molecular weight excluding hydrogens is 442 g/mol. The first-order valence-electron chi connectivity index (χ1n) is 10.7. The Kier molecular flexibility index (Phi) is 6.96. The molecule has 1 aliphatic rings. The van der Waals surface area contributed by atoms with E-state index in [1.807, 2.05) is 0 Å². The monoisotopic (exact) mass is 467 g/mol. The van der Waals surface area contributed by atoms with Crippen molar-refractivity contribution in [3.63, 3.8) is 0 Å². The van der Waals surface area contributed by atoms with Crippen molar-refractivity contribution in [2.75, 3.05) is 50.6 Å². The molecule has 2 heterocycles. The molecule has 0 radical (unpaired) electrons. The van der Waals surface area contributed by atoms with Crippen LogP contribution in [0.15, 0.2) is 48.8 Å². The number of hydrogen-bond acceptors (Lipinski definition) is 7. The standard InChI is InChI=1S/C24H26ClN5O3/c1-29-8-3-9-30(11-10-29)24-26-14-17(15-27-24)16-4-6-19(21(31)12-16)23(32)28-18-5-7-22(33-2)20(25)13-18/h4-7,12-15,31H,3,8-11H2,1-2H3,(H,28,32). The van der Waals surface area contributed by atoms with Crippen LogP contribution in [0.1, 0.15) is 16.8 Å². The third-order valence-electron chi connectivity index (χ3n) is 5.63. The van der Waals surface area contributed by atoms with E-state index in [1.54, 1.807) is 42.7 Å². The molecule has 2 aromatic carbocycles. The first kappa shape index (κ1) is 22.8. The third kappa shape index (κ3) is 5.35. The van der Waals surface area contributed by atoms with E-state index in [2.05, 4.69) is 32.1 Å². The number of halogens is 1. The zero-order valence-electron chi connectivity index (χ0n) is 18.6. The van der Waals surface area contributed by atoms with E-state index >= 15 is 0 Å². The first-order valence-corrected chi connectivity index (χ1v) is 11.1. The van der Waals surface area contributed by atoms with E-state index in [0.717, 1.165) is 43.7 Å². The largest absolute Gasteiger partial charge is 0.507 e. The molecule has 3 aromatic rings. The number of phenolic OH excluding ortho intramolecular Hbond substituents is 1. The molecule has 1 fully saturated rings. The summed E-state index contributed by atoms with van der Waals surface area (Å²) in [7, 11) is 3.64. The summed E-state index contributed by atoms with van der Waals surface area (Å²) in [5.41, 5.74) is 2.13. The van der Waals surface area contributed by atoms with Gasteiger partial charge in [-0.15, -0.1) is 0 Å². The van der Waals surface area contributed by atoms with E-state index in [0.29, 0.717) is 22.4 Å². The summed E-state index contributed by atoms with van der Waals surface area (Å²) in [5, 5.41) is 13.6. The molecule has 9 heteroatoms. The molecule has 1 amide bonds. The van der Waals surface area contributed by atoms with Gasteiger partial charge in [-0.3, -0.25) is 4.79 Å². The number of anilines is 2. The zero-order valence-corrected chi connectivity index (χ0v) is 19.3. The van der Waals surface area contributed by atoms with E-state index in [9.17, 15) is 9.90 Å². The van der Waals surface area contributed by atoms with Gasteiger partial charge in [-0.1, -0.05) is 17.7 Å². The Hall–Kier alpha value is -3.36. The predicted molar refractivity (Wildman–Crippen MR) is 129 cm³/mol. The van der Waals surface area contributed by atoms with Crippen LogP contribution < -0.4 is 15.0 Å². The lowest BCUT2D eigenvalue weighted by Gasteiger charge is -2.20. The highest BCUT2D eigenvalue weighted by Gasteiger charge is 2.16. The van der Waals surface area contributed by atoms with E-state index < -0.39 is 5.91 Å². The van der Waals surface area contributed by atoms with Crippen molar-refractivity contribution < 1.29 is 14.6 Å². The van der Waals surface area contributed by atoms with Gasteiger partial charge in [-0.2, -0.15) is 0 Å². The maximum Gasteiger partial charge on any atom is 0.259 e. The predicted octanol–water partition coefficient (Wildman–Crippen LogP) is 3.91. The van der Waals surface area contributed by atoms with Crippen molar-refractivity contribution in [3.8, 4) is 22.6 Å². The maximum absolute atomic E-state index is 12.6. The van der Waals surface area contributed by atoms with Gasteiger partial charge in [-0.05, 0) is 55.9 Å². The number of aromatic nitrogens is 2. The molecule has 1 aromatic heterocycles. The molecule has 0 unspecified atom stereocenters. The van der Waals surface area contributed by atoms with Crippen LogP contribution >= 0.6 is 11.6 Å². The Labute approximate surface area is 197 Å². The van der Waals surface area contributed by atoms with Crippen LogP contribution in [0.3, 0.4) is 0 Å². The molecule has 172 valence electrons. The number of carbonyl (C=O) groups is 1. The minimum absolute atomic E-state index is 0.135. The second-order valence-corrected chi connectivity index (χ2v) is 8.36. The van der Waals surface area contributed by atoms with Gasteiger partial charge in [0.05, 0.1) is 17.7 Å². The molecule has 4 rings (SSSR count). The molecule has 1 saturated heterocycles. The maximum atomic E-state index is 12.6. The molecule has 8 nitrogen and oxygen atoms in total. The lowest BCUT2D eigenvalue weighted by Crippen LogP contribution is -2.30. The SMILES string of the molecule is COc1ccc(NC(=O)c2ccc(-c3cnc(N4CCCN(C)CC4)nc3)cc2O)cc1Cl. The van der Waals surface area contributed by atoms with Gasteiger partial charge < -0.3 is 25.0 Å². The average Bonchev–Trinajstić information content (AvgIpc) is 3.03. The highest BCUT2D eigenvalue weighted by atomic mass is 35.5. The number of phenols is 1. The highest BCUT2D eigenvalue weighted by Crippen LogP contribution is 2.29. The van der Waals surface area contributed by atoms with Gasteiger partial charge >= 0.3 is 0 Å². The van der Waals surface area contributed by atoms with Gasteiger partial charge in [0.25, 0.3) is 5.91 Å². The first-order chi connectivity index (χ1) is 15.9. The molecule has 1 aliphatic heterocycles. The van der Waals surface area contributed by atoms with Crippen LogP contribution in [0.5, 0.6) is 11.5 Å². The number of benzene rings is 2. The van der Waals surface area contributed by atoms with Gasteiger partial charge in [-0.25, -0.2) is 9.97 Å². The van der Waals surface area contributed by atoms with E-state index in [4.69, 9.17) is 16.3 Å². The van der Waals surface area contributed by atoms with E-state index in [1.165, 1.54) is 13.2 Å². The Balaban J connectivity index is 1.46. The van der Waals surface area contributed by atoms with Crippen LogP contribution in [0.2, 0.25) is 5.02 Å². The molecule has 0 atom stereocenters. The van der Waals surface area contributed by atoms with Crippen molar-refractivity contribution in [2.45, 2.75) is 6.42 Å². The smallest absolute Gasteiger partial charge is 0.259 e. The minimum Gasteiger partial charge on any atom is -0.507 e. The molecular formula is C24H26ClN5O3.